The number of methoxy groups -OCH3 is 3. The van der Waals surface area contributed by atoms with Crippen LogP contribution in [0.25, 0.3) is 11.3 Å². The van der Waals surface area contributed by atoms with Crippen molar-refractivity contribution in [2.45, 2.75) is 0 Å². The molecule has 1 heterocycles. The normalized spacial score (nSPS) is 10.2. The highest BCUT2D eigenvalue weighted by atomic mass is 32.1. The monoisotopic (exact) mass is 310 g/mol. The molecular weight excluding hydrogens is 296 g/mol. The van der Waals surface area contributed by atoms with Crippen molar-refractivity contribution < 1.29 is 24.1 Å². The largest absolute Gasteiger partial charge is 0.493 e. The number of carboxylic acid groups (broad SMARTS) is 1. The highest BCUT2D eigenvalue weighted by Crippen LogP contribution is 2.42. The first-order valence-corrected chi connectivity index (χ1v) is 6.63. The topological polar surface area (TPSA) is 104 Å². The van der Waals surface area contributed by atoms with Crippen molar-refractivity contribution in [1.29, 1.82) is 0 Å². The van der Waals surface area contributed by atoms with E-state index in [2.05, 4.69) is 4.98 Å². The molecule has 0 aliphatic carbocycles. The van der Waals surface area contributed by atoms with E-state index in [-0.39, 0.29) is 15.7 Å². The first kappa shape index (κ1) is 14.9. The van der Waals surface area contributed by atoms with Crippen molar-refractivity contribution in [2.75, 3.05) is 27.1 Å². The number of carbonyl (C=O) groups is 1. The molecule has 0 saturated heterocycles. The van der Waals surface area contributed by atoms with Crippen LogP contribution in [0, 0.1) is 0 Å². The highest BCUT2D eigenvalue weighted by molar-refractivity contribution is 7.17. The van der Waals surface area contributed by atoms with E-state index in [1.807, 2.05) is 0 Å². The van der Waals surface area contributed by atoms with Crippen molar-refractivity contribution in [3.63, 3.8) is 0 Å². The van der Waals surface area contributed by atoms with Gasteiger partial charge in [-0.1, -0.05) is 11.3 Å². The Balaban J connectivity index is 2.67. The molecule has 1 aromatic carbocycles. The lowest BCUT2D eigenvalue weighted by atomic mass is 10.1. The number of anilines is 1. The number of carboxylic acids is 1. The molecule has 1 aromatic heterocycles. The molecule has 0 amide bonds. The molecule has 0 fully saturated rings. The molecule has 0 atom stereocenters. The average Bonchev–Trinajstić information content (AvgIpc) is 2.87. The minimum absolute atomic E-state index is 0.0572. The molecule has 0 unspecified atom stereocenters. The van der Waals surface area contributed by atoms with Gasteiger partial charge in [-0.15, -0.1) is 0 Å². The smallest absolute Gasteiger partial charge is 0.348 e. The highest BCUT2D eigenvalue weighted by Gasteiger charge is 2.21. The van der Waals surface area contributed by atoms with Gasteiger partial charge in [0.15, 0.2) is 16.6 Å². The van der Waals surface area contributed by atoms with Crippen LogP contribution >= 0.6 is 11.3 Å². The molecule has 0 aliphatic heterocycles. The van der Waals surface area contributed by atoms with Gasteiger partial charge in [-0.3, -0.25) is 0 Å². The third-order valence-corrected chi connectivity index (χ3v) is 3.65. The molecule has 3 N–H and O–H groups in total. The summed E-state index contributed by atoms with van der Waals surface area (Å²) in [6.45, 7) is 0. The summed E-state index contributed by atoms with van der Waals surface area (Å²) in [6, 6.07) is 3.25. The zero-order valence-corrected chi connectivity index (χ0v) is 12.5. The zero-order valence-electron chi connectivity index (χ0n) is 11.7. The number of ether oxygens (including phenoxy) is 3. The van der Waals surface area contributed by atoms with Crippen LogP contribution in [0.1, 0.15) is 9.67 Å². The first-order valence-electron chi connectivity index (χ1n) is 5.81. The number of rotatable bonds is 5. The van der Waals surface area contributed by atoms with Crippen molar-refractivity contribution in [3.8, 4) is 28.5 Å². The van der Waals surface area contributed by atoms with Crippen LogP contribution in [0.3, 0.4) is 0 Å². The predicted molar refractivity (Wildman–Crippen MR) is 78.6 cm³/mol. The number of nitrogens with zero attached hydrogens (tertiary/aromatic N) is 1. The summed E-state index contributed by atoms with van der Waals surface area (Å²) in [6.07, 6.45) is 0. The van der Waals surface area contributed by atoms with Crippen LogP contribution in [0.5, 0.6) is 17.2 Å². The van der Waals surface area contributed by atoms with Crippen LogP contribution in [-0.4, -0.2) is 37.4 Å². The SMILES string of the molecule is COc1cc(-c2nc(N)sc2C(=O)O)cc(OC)c1OC. The van der Waals surface area contributed by atoms with Crippen molar-refractivity contribution in [1.82, 2.24) is 4.98 Å². The third-order valence-electron chi connectivity index (χ3n) is 2.78. The standard InChI is InChI=1S/C13H14N2O5S/c1-18-7-4-6(5-8(19-2)10(7)20-3)9-11(12(16)17)21-13(14)15-9/h4-5H,1-3H3,(H2,14,15)(H,16,17). The van der Waals surface area contributed by atoms with Crippen molar-refractivity contribution in [2.24, 2.45) is 0 Å². The van der Waals surface area contributed by atoms with E-state index >= 15 is 0 Å². The lowest BCUT2D eigenvalue weighted by Crippen LogP contribution is -1.98. The van der Waals surface area contributed by atoms with Crippen LogP contribution in [0.4, 0.5) is 5.13 Å². The number of nitrogen functional groups attached to an aromatic ring is 1. The Bertz CT molecular complexity index is 658. The molecule has 0 bridgehead atoms. The van der Waals surface area contributed by atoms with Crippen LogP contribution < -0.4 is 19.9 Å². The molecule has 21 heavy (non-hydrogen) atoms. The van der Waals surface area contributed by atoms with Crippen LogP contribution in [-0.2, 0) is 0 Å². The summed E-state index contributed by atoms with van der Waals surface area (Å²) < 4.78 is 15.7. The van der Waals surface area contributed by atoms with Gasteiger partial charge in [0.2, 0.25) is 5.75 Å². The fourth-order valence-corrected chi connectivity index (χ4v) is 2.59. The van der Waals surface area contributed by atoms with Crippen molar-refractivity contribution >= 4 is 22.4 Å². The van der Waals surface area contributed by atoms with Gasteiger partial charge < -0.3 is 25.1 Å². The summed E-state index contributed by atoms with van der Waals surface area (Å²) in [4.78, 5) is 15.4. The summed E-state index contributed by atoms with van der Waals surface area (Å²) in [7, 11) is 4.45. The van der Waals surface area contributed by atoms with E-state index in [1.54, 1.807) is 12.1 Å². The van der Waals surface area contributed by atoms with Gasteiger partial charge in [-0.05, 0) is 12.1 Å². The molecule has 0 spiro atoms. The number of hydrogen-bond donors (Lipinski definition) is 2. The molecule has 7 nitrogen and oxygen atoms in total. The number of nitrogens with two attached hydrogens (primary N) is 1. The molecule has 0 aliphatic rings. The number of thiazole rings is 1. The van der Waals surface area contributed by atoms with E-state index in [0.717, 1.165) is 11.3 Å². The van der Waals surface area contributed by atoms with Crippen molar-refractivity contribution in [3.05, 3.63) is 17.0 Å². The second kappa shape index (κ2) is 5.88. The summed E-state index contributed by atoms with van der Waals surface area (Å²) in [5.74, 6) is 0.154. The maximum Gasteiger partial charge on any atom is 0.348 e. The van der Waals surface area contributed by atoms with E-state index in [1.165, 1.54) is 21.3 Å². The maximum atomic E-state index is 11.3. The van der Waals surface area contributed by atoms with Crippen LogP contribution in [0.2, 0.25) is 0 Å². The molecule has 2 aromatic rings. The Morgan fingerprint density at radius 1 is 1.19 bits per heavy atom. The summed E-state index contributed by atoms with van der Waals surface area (Å²) in [5.41, 5.74) is 6.40. The summed E-state index contributed by atoms with van der Waals surface area (Å²) in [5, 5.41) is 9.40. The maximum absolute atomic E-state index is 11.3. The Kier molecular flexibility index (Phi) is 4.18. The van der Waals surface area contributed by atoms with E-state index in [9.17, 15) is 9.90 Å². The Hall–Kier alpha value is -2.48. The molecule has 8 heteroatoms. The molecule has 112 valence electrons. The predicted octanol–water partition coefficient (Wildman–Crippen LogP) is 2.12. The minimum Gasteiger partial charge on any atom is -0.493 e. The zero-order chi connectivity index (χ0) is 15.6. The van der Waals surface area contributed by atoms with Gasteiger partial charge in [0.05, 0.1) is 27.0 Å². The number of hydrogen-bond acceptors (Lipinski definition) is 7. The average molecular weight is 310 g/mol. The van der Waals surface area contributed by atoms with Gasteiger partial charge in [-0.25, -0.2) is 9.78 Å². The van der Waals surface area contributed by atoms with Gasteiger partial charge in [0.1, 0.15) is 4.88 Å². The Labute approximate surface area is 124 Å². The molecular formula is C13H14N2O5S. The van der Waals surface area contributed by atoms with Gasteiger partial charge in [0.25, 0.3) is 0 Å². The van der Waals surface area contributed by atoms with Gasteiger partial charge in [-0.2, -0.15) is 0 Å². The van der Waals surface area contributed by atoms with Gasteiger partial charge in [0, 0.05) is 5.56 Å². The Morgan fingerprint density at radius 2 is 1.76 bits per heavy atom. The first-order chi connectivity index (χ1) is 10.0. The fourth-order valence-electron chi connectivity index (χ4n) is 1.90. The quantitative estimate of drug-likeness (QED) is 0.871. The number of benzene rings is 1. The van der Waals surface area contributed by atoms with E-state index in [0.29, 0.717) is 22.8 Å². The molecule has 0 radical (unpaired) electrons. The lowest BCUT2D eigenvalue weighted by Gasteiger charge is -2.13. The second-order valence-corrected chi connectivity index (χ2v) is 4.98. The number of aromatic nitrogens is 1. The fraction of sp³-hybridized carbons (Fsp3) is 0.231. The minimum atomic E-state index is -1.09. The summed E-state index contributed by atoms with van der Waals surface area (Å²) >= 11 is 0.908. The van der Waals surface area contributed by atoms with E-state index in [4.69, 9.17) is 19.9 Å². The number of aromatic carboxylic acids is 1. The third kappa shape index (κ3) is 2.70. The van der Waals surface area contributed by atoms with Gasteiger partial charge >= 0.3 is 5.97 Å². The van der Waals surface area contributed by atoms with Crippen LogP contribution in [0.15, 0.2) is 12.1 Å². The Morgan fingerprint density at radius 3 is 2.19 bits per heavy atom. The lowest BCUT2D eigenvalue weighted by molar-refractivity contribution is 0.0702. The molecule has 0 saturated carbocycles. The molecule has 2 rings (SSSR count). The van der Waals surface area contributed by atoms with E-state index < -0.39 is 5.97 Å². The second-order valence-electron chi connectivity index (χ2n) is 3.95.